The van der Waals surface area contributed by atoms with E-state index in [0.29, 0.717) is 5.17 Å². The molecule has 2 nitrogen and oxygen atoms in total. The first-order chi connectivity index (χ1) is 4.26. The Bertz CT molecular complexity index is 91.0. The zero-order valence-electron chi connectivity index (χ0n) is 5.97. The fraction of sp³-hybridized carbons (Fsp3) is 0.800. The van der Waals surface area contributed by atoms with Gasteiger partial charge in [-0.3, -0.25) is 9.71 Å². The number of amidine groups is 1. The van der Waals surface area contributed by atoms with Gasteiger partial charge in [0, 0.05) is 12.8 Å². The van der Waals surface area contributed by atoms with Gasteiger partial charge < -0.3 is 0 Å². The molecule has 0 aromatic carbocycles. The van der Waals surface area contributed by atoms with Crippen LogP contribution in [0.4, 0.5) is 0 Å². The van der Waals surface area contributed by atoms with E-state index in [9.17, 15) is 0 Å². The molecule has 1 N–H and O–H groups in total. The SMILES string of the molecule is CCN(SC)C(=N)SC. The summed E-state index contributed by atoms with van der Waals surface area (Å²) in [6.07, 6.45) is 3.90. The van der Waals surface area contributed by atoms with Crippen molar-refractivity contribution in [2.75, 3.05) is 19.1 Å². The van der Waals surface area contributed by atoms with Crippen LogP contribution in [0.1, 0.15) is 6.92 Å². The second-order valence-electron chi connectivity index (χ2n) is 1.39. The van der Waals surface area contributed by atoms with Gasteiger partial charge in [-0.25, -0.2) is 0 Å². The lowest BCUT2D eigenvalue weighted by Crippen LogP contribution is -2.19. The van der Waals surface area contributed by atoms with Crippen molar-refractivity contribution < 1.29 is 0 Å². The van der Waals surface area contributed by atoms with E-state index in [0.717, 1.165) is 6.54 Å². The van der Waals surface area contributed by atoms with Crippen LogP contribution in [0, 0.1) is 5.41 Å². The van der Waals surface area contributed by atoms with Gasteiger partial charge in [-0.2, -0.15) is 0 Å². The molecule has 0 spiro atoms. The van der Waals surface area contributed by atoms with Crippen molar-refractivity contribution in [2.45, 2.75) is 6.92 Å². The summed E-state index contributed by atoms with van der Waals surface area (Å²) >= 11 is 3.06. The average Bonchev–Trinajstić information content (AvgIpc) is 1.90. The predicted molar refractivity (Wildman–Crippen MR) is 47.1 cm³/mol. The molecule has 0 aliphatic rings. The van der Waals surface area contributed by atoms with Crippen LogP contribution in [0.3, 0.4) is 0 Å². The zero-order valence-corrected chi connectivity index (χ0v) is 7.60. The second kappa shape index (κ2) is 4.99. The zero-order chi connectivity index (χ0) is 7.28. The van der Waals surface area contributed by atoms with Gasteiger partial charge >= 0.3 is 0 Å². The van der Waals surface area contributed by atoms with E-state index in [-0.39, 0.29) is 0 Å². The van der Waals surface area contributed by atoms with E-state index in [4.69, 9.17) is 5.41 Å². The predicted octanol–water partition coefficient (Wildman–Crippen LogP) is 1.88. The topological polar surface area (TPSA) is 27.1 Å². The molecule has 0 aliphatic heterocycles. The Hall–Kier alpha value is 0.170. The van der Waals surface area contributed by atoms with E-state index in [1.54, 1.807) is 11.9 Å². The van der Waals surface area contributed by atoms with Gasteiger partial charge in [0.25, 0.3) is 0 Å². The smallest absolute Gasteiger partial charge is 0.166 e. The molecule has 0 aromatic heterocycles. The minimum absolute atomic E-state index is 0.630. The summed E-state index contributed by atoms with van der Waals surface area (Å²) in [6, 6.07) is 0. The maximum absolute atomic E-state index is 7.36. The number of thioether (sulfide) groups is 1. The Kier molecular flexibility index (Phi) is 5.09. The van der Waals surface area contributed by atoms with Gasteiger partial charge in [0.1, 0.15) is 0 Å². The Morgan fingerprint density at radius 3 is 2.22 bits per heavy atom. The molecule has 9 heavy (non-hydrogen) atoms. The van der Waals surface area contributed by atoms with Crippen LogP contribution in [-0.4, -0.2) is 28.5 Å². The second-order valence-corrected chi connectivity index (χ2v) is 2.99. The summed E-state index contributed by atoms with van der Waals surface area (Å²) in [4.78, 5) is 0. The molecule has 0 bridgehead atoms. The molecule has 0 rings (SSSR count). The molecule has 0 radical (unpaired) electrons. The highest BCUT2D eigenvalue weighted by molar-refractivity contribution is 8.14. The average molecular weight is 164 g/mol. The summed E-state index contributed by atoms with van der Waals surface area (Å²) in [6.45, 7) is 2.95. The molecular formula is C5H12N2S2. The first-order valence-electron chi connectivity index (χ1n) is 2.70. The molecule has 4 heteroatoms. The van der Waals surface area contributed by atoms with E-state index in [1.165, 1.54) is 11.8 Å². The van der Waals surface area contributed by atoms with Crippen LogP contribution in [-0.2, 0) is 0 Å². The van der Waals surface area contributed by atoms with Crippen molar-refractivity contribution in [1.82, 2.24) is 4.31 Å². The standard InChI is InChI=1S/C5H12N2S2/c1-4-7(9-3)5(6)8-2/h6H,4H2,1-3H3. The molecule has 0 saturated heterocycles. The van der Waals surface area contributed by atoms with E-state index in [1.807, 2.05) is 23.7 Å². The number of hydrogen-bond acceptors (Lipinski definition) is 3. The lowest BCUT2D eigenvalue weighted by Gasteiger charge is -2.17. The highest BCUT2D eigenvalue weighted by Crippen LogP contribution is 2.10. The summed E-state index contributed by atoms with van der Waals surface area (Å²) in [5, 5.41) is 7.99. The van der Waals surface area contributed by atoms with Crippen LogP contribution in [0.5, 0.6) is 0 Å². The third-order valence-electron chi connectivity index (χ3n) is 0.927. The summed E-state index contributed by atoms with van der Waals surface area (Å²) in [5.74, 6) is 0. The summed E-state index contributed by atoms with van der Waals surface area (Å²) in [5.41, 5.74) is 0. The van der Waals surface area contributed by atoms with Gasteiger partial charge in [0.15, 0.2) is 5.17 Å². The largest absolute Gasteiger partial charge is 0.296 e. The van der Waals surface area contributed by atoms with Crippen LogP contribution in [0.15, 0.2) is 0 Å². The number of nitrogens with one attached hydrogen (secondary N) is 1. The molecule has 0 heterocycles. The Morgan fingerprint density at radius 1 is 1.56 bits per heavy atom. The summed E-state index contributed by atoms with van der Waals surface area (Å²) in [7, 11) is 0. The molecular weight excluding hydrogens is 152 g/mol. The Morgan fingerprint density at radius 2 is 2.11 bits per heavy atom. The number of nitrogens with zero attached hydrogens (tertiary/aromatic N) is 1. The molecule has 0 amide bonds. The normalized spacial score (nSPS) is 9.22. The van der Waals surface area contributed by atoms with Crippen LogP contribution < -0.4 is 0 Å². The van der Waals surface area contributed by atoms with Gasteiger partial charge in [0.2, 0.25) is 0 Å². The van der Waals surface area contributed by atoms with Gasteiger partial charge in [-0.05, 0) is 13.2 Å². The van der Waals surface area contributed by atoms with Crippen molar-refractivity contribution >= 4 is 28.9 Å². The monoisotopic (exact) mass is 164 g/mol. The van der Waals surface area contributed by atoms with Crippen molar-refractivity contribution in [3.63, 3.8) is 0 Å². The molecule has 0 unspecified atom stereocenters. The van der Waals surface area contributed by atoms with Gasteiger partial charge in [-0.1, -0.05) is 23.7 Å². The Labute approximate surface area is 65.0 Å². The molecule has 0 saturated carbocycles. The lowest BCUT2D eigenvalue weighted by molar-refractivity contribution is 0.726. The first kappa shape index (κ1) is 9.17. The third-order valence-corrected chi connectivity index (χ3v) is 2.53. The molecule has 0 aliphatic carbocycles. The minimum Gasteiger partial charge on any atom is -0.296 e. The fourth-order valence-electron chi connectivity index (χ4n) is 0.457. The first-order valence-corrected chi connectivity index (χ1v) is 5.11. The maximum atomic E-state index is 7.36. The van der Waals surface area contributed by atoms with Gasteiger partial charge in [0.05, 0.1) is 0 Å². The molecule has 0 aromatic rings. The van der Waals surface area contributed by atoms with Crippen LogP contribution in [0.25, 0.3) is 0 Å². The van der Waals surface area contributed by atoms with Gasteiger partial charge in [-0.15, -0.1) is 0 Å². The van der Waals surface area contributed by atoms with Crippen molar-refractivity contribution in [1.29, 1.82) is 5.41 Å². The highest BCUT2D eigenvalue weighted by atomic mass is 32.2. The van der Waals surface area contributed by atoms with Crippen molar-refractivity contribution in [3.05, 3.63) is 0 Å². The molecule has 54 valence electrons. The van der Waals surface area contributed by atoms with E-state index < -0.39 is 0 Å². The minimum atomic E-state index is 0.630. The summed E-state index contributed by atoms with van der Waals surface area (Å²) < 4.78 is 1.94. The quantitative estimate of drug-likeness (QED) is 0.383. The maximum Gasteiger partial charge on any atom is 0.166 e. The van der Waals surface area contributed by atoms with E-state index >= 15 is 0 Å². The highest BCUT2D eigenvalue weighted by Gasteiger charge is 2.01. The molecule has 0 fully saturated rings. The molecule has 0 atom stereocenters. The number of rotatable bonds is 2. The van der Waals surface area contributed by atoms with Crippen LogP contribution >= 0.6 is 23.7 Å². The van der Waals surface area contributed by atoms with Crippen molar-refractivity contribution in [3.8, 4) is 0 Å². The van der Waals surface area contributed by atoms with Crippen molar-refractivity contribution in [2.24, 2.45) is 0 Å². The Balaban J connectivity index is 3.64. The lowest BCUT2D eigenvalue weighted by atomic mass is 10.8. The fourth-order valence-corrected chi connectivity index (χ4v) is 1.66. The van der Waals surface area contributed by atoms with E-state index in [2.05, 4.69) is 0 Å². The van der Waals surface area contributed by atoms with Crippen LogP contribution in [0.2, 0.25) is 0 Å². The third kappa shape index (κ3) is 3.01. The number of hydrogen-bond donors (Lipinski definition) is 1.